The molecule has 0 saturated carbocycles. The van der Waals surface area contributed by atoms with E-state index in [0.29, 0.717) is 24.5 Å². The molecule has 104 valence electrons. The van der Waals surface area contributed by atoms with E-state index in [2.05, 4.69) is 0 Å². The second kappa shape index (κ2) is 5.09. The van der Waals surface area contributed by atoms with Crippen molar-refractivity contribution >= 4 is 11.6 Å². The predicted molar refractivity (Wildman–Crippen MR) is 72.7 cm³/mol. The molecule has 1 aromatic rings. The molecule has 2 rings (SSSR count). The molecule has 0 unspecified atom stereocenters. The monoisotopic (exact) mass is 264 g/mol. The molecule has 1 heterocycles. The molecule has 1 fully saturated rings. The van der Waals surface area contributed by atoms with Gasteiger partial charge in [0, 0.05) is 11.8 Å². The Labute approximate surface area is 113 Å². The van der Waals surface area contributed by atoms with Crippen molar-refractivity contribution in [1.29, 1.82) is 0 Å². The van der Waals surface area contributed by atoms with Crippen molar-refractivity contribution in [2.75, 3.05) is 25.4 Å². The van der Waals surface area contributed by atoms with Gasteiger partial charge in [0.1, 0.15) is 11.4 Å². The lowest BCUT2D eigenvalue weighted by Gasteiger charge is -2.48. The Morgan fingerprint density at radius 1 is 1.53 bits per heavy atom. The summed E-state index contributed by atoms with van der Waals surface area (Å²) >= 11 is 0. The van der Waals surface area contributed by atoms with Gasteiger partial charge in [0.15, 0.2) is 6.61 Å². The van der Waals surface area contributed by atoms with Crippen molar-refractivity contribution in [3.8, 4) is 5.75 Å². The summed E-state index contributed by atoms with van der Waals surface area (Å²) in [5.74, 6) is 0.604. The number of β-amino-alcohol motifs (C(OH)–C–C–N with tert-alkyl or cyclic N) is 1. The molecular formula is C14H20N2O3. The summed E-state index contributed by atoms with van der Waals surface area (Å²) < 4.78 is 5.38. The molecule has 0 spiro atoms. The summed E-state index contributed by atoms with van der Waals surface area (Å²) in [7, 11) is 0. The molecule has 19 heavy (non-hydrogen) atoms. The Balaban J connectivity index is 1.81. The molecule has 3 N–H and O–H groups in total. The highest BCUT2D eigenvalue weighted by atomic mass is 16.5. The van der Waals surface area contributed by atoms with Crippen molar-refractivity contribution in [2.24, 2.45) is 5.92 Å². The number of nitrogens with zero attached hydrogens (tertiary/aromatic N) is 1. The maximum atomic E-state index is 11.9. The SMILES string of the molecule is CC(C)C1(O)CN(C(=O)COc2cccc(N)c2)C1. The fourth-order valence-electron chi connectivity index (χ4n) is 2.00. The molecule has 5 nitrogen and oxygen atoms in total. The van der Waals surface area contributed by atoms with Crippen molar-refractivity contribution in [3.05, 3.63) is 24.3 Å². The highest BCUT2D eigenvalue weighted by molar-refractivity contribution is 5.79. The van der Waals surface area contributed by atoms with Gasteiger partial charge in [-0.15, -0.1) is 0 Å². The highest BCUT2D eigenvalue weighted by Gasteiger charge is 2.45. The van der Waals surface area contributed by atoms with Crippen LogP contribution in [0.25, 0.3) is 0 Å². The third-order valence-corrected chi connectivity index (χ3v) is 3.58. The van der Waals surface area contributed by atoms with Crippen LogP contribution in [0.4, 0.5) is 5.69 Å². The minimum absolute atomic E-state index is 0.0301. The molecule has 5 heteroatoms. The Kier molecular flexibility index (Phi) is 3.66. The van der Waals surface area contributed by atoms with Crippen molar-refractivity contribution < 1.29 is 14.6 Å². The standard InChI is InChI=1S/C14H20N2O3/c1-10(2)14(18)8-16(9-14)13(17)7-19-12-5-3-4-11(15)6-12/h3-6,10,18H,7-9,15H2,1-2H3. The van der Waals surface area contributed by atoms with E-state index in [-0.39, 0.29) is 18.4 Å². The number of amides is 1. The average Bonchev–Trinajstić information content (AvgIpc) is 2.32. The van der Waals surface area contributed by atoms with Crippen LogP contribution in [-0.2, 0) is 4.79 Å². The third-order valence-electron chi connectivity index (χ3n) is 3.58. The van der Waals surface area contributed by atoms with Gasteiger partial charge in [0.2, 0.25) is 0 Å². The minimum Gasteiger partial charge on any atom is -0.484 e. The first-order valence-corrected chi connectivity index (χ1v) is 6.39. The van der Waals surface area contributed by atoms with E-state index < -0.39 is 5.60 Å². The zero-order chi connectivity index (χ0) is 14.0. The van der Waals surface area contributed by atoms with Gasteiger partial charge < -0.3 is 20.5 Å². The number of aliphatic hydroxyl groups is 1. The second-order valence-corrected chi connectivity index (χ2v) is 5.37. The first-order valence-electron chi connectivity index (χ1n) is 6.39. The van der Waals surface area contributed by atoms with Crippen LogP contribution in [-0.4, -0.2) is 41.2 Å². The van der Waals surface area contributed by atoms with Crippen LogP contribution < -0.4 is 10.5 Å². The number of nitrogen functional groups attached to an aromatic ring is 1. The van der Waals surface area contributed by atoms with E-state index in [1.165, 1.54) is 0 Å². The molecule has 0 radical (unpaired) electrons. The van der Waals surface area contributed by atoms with E-state index >= 15 is 0 Å². The van der Waals surface area contributed by atoms with Gasteiger partial charge in [0.05, 0.1) is 13.1 Å². The summed E-state index contributed by atoms with van der Waals surface area (Å²) in [5.41, 5.74) is 5.48. The molecular weight excluding hydrogens is 244 g/mol. The van der Waals surface area contributed by atoms with Crippen LogP contribution in [0.15, 0.2) is 24.3 Å². The summed E-state index contributed by atoms with van der Waals surface area (Å²) in [6.45, 7) is 4.63. The first kappa shape index (κ1) is 13.7. The lowest BCUT2D eigenvalue weighted by atomic mass is 9.83. The summed E-state index contributed by atoms with van der Waals surface area (Å²) in [6.07, 6.45) is 0. The van der Waals surface area contributed by atoms with Gasteiger partial charge >= 0.3 is 0 Å². The topological polar surface area (TPSA) is 75.8 Å². The number of carbonyl (C=O) groups is 1. The second-order valence-electron chi connectivity index (χ2n) is 5.37. The van der Waals surface area contributed by atoms with E-state index in [9.17, 15) is 9.90 Å². The molecule has 0 bridgehead atoms. The third kappa shape index (κ3) is 2.98. The van der Waals surface area contributed by atoms with Gasteiger partial charge in [-0.05, 0) is 18.1 Å². The Bertz CT molecular complexity index is 468. The van der Waals surface area contributed by atoms with Gasteiger partial charge in [-0.2, -0.15) is 0 Å². The number of benzene rings is 1. The van der Waals surface area contributed by atoms with E-state index in [0.717, 1.165) is 0 Å². The van der Waals surface area contributed by atoms with Crippen LogP contribution >= 0.6 is 0 Å². The fourth-order valence-corrected chi connectivity index (χ4v) is 2.00. The fraction of sp³-hybridized carbons (Fsp3) is 0.500. The zero-order valence-corrected chi connectivity index (χ0v) is 11.3. The van der Waals surface area contributed by atoms with E-state index in [1.807, 2.05) is 13.8 Å². The lowest BCUT2D eigenvalue weighted by molar-refractivity contribution is -0.165. The van der Waals surface area contributed by atoms with E-state index in [1.54, 1.807) is 29.2 Å². The van der Waals surface area contributed by atoms with Gasteiger partial charge in [-0.3, -0.25) is 4.79 Å². The smallest absolute Gasteiger partial charge is 0.260 e. The lowest BCUT2D eigenvalue weighted by Crippen LogP contribution is -2.66. The van der Waals surface area contributed by atoms with Crippen molar-refractivity contribution in [1.82, 2.24) is 4.90 Å². The summed E-state index contributed by atoms with van der Waals surface area (Å²) in [5, 5.41) is 10.1. The van der Waals surface area contributed by atoms with Gasteiger partial charge in [-0.25, -0.2) is 0 Å². The number of hydrogen-bond donors (Lipinski definition) is 2. The van der Waals surface area contributed by atoms with Gasteiger partial charge in [-0.1, -0.05) is 19.9 Å². The highest BCUT2D eigenvalue weighted by Crippen LogP contribution is 2.28. The Morgan fingerprint density at radius 2 is 2.21 bits per heavy atom. The largest absolute Gasteiger partial charge is 0.484 e. The maximum absolute atomic E-state index is 11.9. The maximum Gasteiger partial charge on any atom is 0.260 e. The Morgan fingerprint density at radius 3 is 2.79 bits per heavy atom. The molecule has 1 aliphatic rings. The van der Waals surface area contributed by atoms with Crippen LogP contribution in [0.5, 0.6) is 5.75 Å². The number of likely N-dealkylation sites (tertiary alicyclic amines) is 1. The number of carbonyl (C=O) groups excluding carboxylic acids is 1. The van der Waals surface area contributed by atoms with E-state index in [4.69, 9.17) is 10.5 Å². The summed E-state index contributed by atoms with van der Waals surface area (Å²) in [6, 6.07) is 6.96. The molecule has 0 atom stereocenters. The first-order chi connectivity index (χ1) is 8.90. The molecule has 1 aliphatic heterocycles. The number of ether oxygens (including phenoxy) is 1. The molecule has 1 saturated heterocycles. The van der Waals surface area contributed by atoms with Crippen LogP contribution in [0.1, 0.15) is 13.8 Å². The van der Waals surface area contributed by atoms with Crippen molar-refractivity contribution in [2.45, 2.75) is 19.4 Å². The number of nitrogens with two attached hydrogens (primary N) is 1. The number of anilines is 1. The summed E-state index contributed by atoms with van der Waals surface area (Å²) in [4.78, 5) is 13.5. The number of hydrogen-bond acceptors (Lipinski definition) is 4. The Hall–Kier alpha value is -1.75. The van der Waals surface area contributed by atoms with Crippen LogP contribution in [0, 0.1) is 5.92 Å². The molecule has 0 aromatic heterocycles. The molecule has 1 aromatic carbocycles. The molecule has 1 amide bonds. The van der Waals surface area contributed by atoms with Crippen LogP contribution in [0.3, 0.4) is 0 Å². The predicted octanol–water partition coefficient (Wildman–Crippen LogP) is 0.877. The normalized spacial score (nSPS) is 17.2. The minimum atomic E-state index is -0.743. The van der Waals surface area contributed by atoms with Gasteiger partial charge in [0.25, 0.3) is 5.91 Å². The quantitative estimate of drug-likeness (QED) is 0.791. The average molecular weight is 264 g/mol. The van der Waals surface area contributed by atoms with Crippen molar-refractivity contribution in [3.63, 3.8) is 0 Å². The van der Waals surface area contributed by atoms with Crippen LogP contribution in [0.2, 0.25) is 0 Å². The number of rotatable bonds is 4. The zero-order valence-electron chi connectivity index (χ0n) is 11.3. The molecule has 0 aliphatic carbocycles.